The van der Waals surface area contributed by atoms with E-state index in [2.05, 4.69) is 15.3 Å². The number of hydrogen-bond donors (Lipinski definition) is 2. The first-order valence-corrected chi connectivity index (χ1v) is 20.2. The summed E-state index contributed by atoms with van der Waals surface area (Å²) >= 11 is 13.6. The van der Waals surface area contributed by atoms with Crippen LogP contribution >= 0.6 is 23.2 Å². The van der Waals surface area contributed by atoms with Gasteiger partial charge in [0.05, 0.1) is 63.5 Å². The van der Waals surface area contributed by atoms with Crippen molar-refractivity contribution >= 4 is 57.6 Å². The van der Waals surface area contributed by atoms with E-state index in [-0.39, 0.29) is 30.9 Å². The van der Waals surface area contributed by atoms with Gasteiger partial charge in [0.1, 0.15) is 34.6 Å². The highest BCUT2D eigenvalue weighted by molar-refractivity contribution is 6.39. The molecule has 61 heavy (non-hydrogen) atoms. The average Bonchev–Trinajstić information content (AvgIpc) is 3.93. The molecule has 0 unspecified atom stereocenters. The van der Waals surface area contributed by atoms with Gasteiger partial charge in [0.2, 0.25) is 5.91 Å². The number of hydroxylamine groups is 2. The van der Waals surface area contributed by atoms with E-state index in [0.717, 1.165) is 27.1 Å². The zero-order valence-corrected chi connectivity index (χ0v) is 35.7. The first-order chi connectivity index (χ1) is 29.5. The molecule has 1 aliphatic rings. The number of carboxylic acid groups (broad SMARTS) is 1. The number of pyridine rings is 2. The Morgan fingerprint density at radius 1 is 0.885 bits per heavy atom. The molecule has 17 heteroatoms. The third kappa shape index (κ3) is 9.70. The van der Waals surface area contributed by atoms with Gasteiger partial charge in [0.15, 0.2) is 0 Å². The van der Waals surface area contributed by atoms with Crippen molar-refractivity contribution in [1.29, 1.82) is 0 Å². The van der Waals surface area contributed by atoms with E-state index < -0.39 is 6.09 Å². The molecule has 15 nitrogen and oxygen atoms in total. The number of methoxy groups -OCH3 is 4. The predicted molar refractivity (Wildman–Crippen MR) is 232 cm³/mol. The Hall–Kier alpha value is -6.29. The maximum atomic E-state index is 13.7. The van der Waals surface area contributed by atoms with Crippen LogP contribution < -0.4 is 29.2 Å². The Balaban J connectivity index is 1.22. The topological polar surface area (TPSA) is 163 Å². The van der Waals surface area contributed by atoms with E-state index in [1.165, 1.54) is 0 Å². The molecule has 318 valence electrons. The summed E-state index contributed by atoms with van der Waals surface area (Å²) in [6.07, 6.45) is 4.78. The van der Waals surface area contributed by atoms with Crippen LogP contribution in [0.1, 0.15) is 36.0 Å². The van der Waals surface area contributed by atoms with Crippen LogP contribution in [0.25, 0.3) is 22.0 Å². The Morgan fingerprint density at radius 3 is 2.13 bits per heavy atom. The van der Waals surface area contributed by atoms with Crippen molar-refractivity contribution in [3.63, 3.8) is 0 Å². The number of carbonyl (C=O) groups excluding carboxylic acids is 1. The minimum atomic E-state index is -1.16. The molecule has 0 saturated heterocycles. The highest BCUT2D eigenvalue weighted by atomic mass is 35.5. The van der Waals surface area contributed by atoms with Gasteiger partial charge in [0, 0.05) is 72.2 Å². The maximum Gasteiger partial charge on any atom is 0.431 e. The van der Waals surface area contributed by atoms with E-state index >= 15 is 0 Å². The van der Waals surface area contributed by atoms with Crippen LogP contribution in [0.15, 0.2) is 85.3 Å². The Kier molecular flexibility index (Phi) is 13.3. The van der Waals surface area contributed by atoms with Gasteiger partial charge in [-0.25, -0.2) is 14.8 Å². The monoisotopic (exact) mass is 869 g/mol. The van der Waals surface area contributed by atoms with Crippen molar-refractivity contribution in [2.45, 2.75) is 38.9 Å². The van der Waals surface area contributed by atoms with Crippen LogP contribution in [-0.4, -0.2) is 83.5 Å². The molecule has 1 aliphatic carbocycles. The number of halogens is 2. The van der Waals surface area contributed by atoms with Crippen molar-refractivity contribution in [2.75, 3.05) is 51.8 Å². The molecule has 0 spiro atoms. The second-order valence-electron chi connectivity index (χ2n) is 14.2. The van der Waals surface area contributed by atoms with E-state index in [9.17, 15) is 14.7 Å². The van der Waals surface area contributed by atoms with Gasteiger partial charge in [-0.05, 0) is 78.7 Å². The first kappa shape index (κ1) is 42.8. The summed E-state index contributed by atoms with van der Waals surface area (Å²) in [5.41, 5.74) is 3.71. The summed E-state index contributed by atoms with van der Waals surface area (Å²) in [6.45, 7) is 3.07. The van der Waals surface area contributed by atoms with E-state index in [0.29, 0.717) is 87.4 Å². The molecule has 3 aromatic heterocycles. The molecule has 7 rings (SSSR count). The molecule has 0 aliphatic heterocycles. The van der Waals surface area contributed by atoms with Crippen molar-refractivity contribution in [3.8, 4) is 34.3 Å². The lowest BCUT2D eigenvalue weighted by molar-refractivity contribution is -0.130. The fourth-order valence-corrected chi connectivity index (χ4v) is 7.78. The summed E-state index contributed by atoms with van der Waals surface area (Å²) in [7, 11) is 6.43. The summed E-state index contributed by atoms with van der Waals surface area (Å²) in [4.78, 5) is 42.2. The van der Waals surface area contributed by atoms with Crippen molar-refractivity contribution in [2.24, 2.45) is 5.92 Å². The van der Waals surface area contributed by atoms with Gasteiger partial charge in [-0.3, -0.25) is 14.3 Å². The molecule has 3 aromatic carbocycles. The van der Waals surface area contributed by atoms with Gasteiger partial charge in [-0.1, -0.05) is 29.3 Å². The zero-order chi connectivity index (χ0) is 43.2. The number of aromatic nitrogens is 4. The lowest BCUT2D eigenvalue weighted by Gasteiger charge is -2.28. The highest BCUT2D eigenvalue weighted by Gasteiger charge is 2.44. The van der Waals surface area contributed by atoms with Crippen molar-refractivity contribution < 1.29 is 38.5 Å². The second kappa shape index (κ2) is 19.0. The molecule has 1 fully saturated rings. The smallest absolute Gasteiger partial charge is 0.431 e. The molecule has 3 heterocycles. The number of fused-ring (bicyclic) bond motifs is 1. The number of nitrogens with one attached hydrogen (secondary N) is 1. The molecular weight excluding hydrogens is 825 g/mol. The fraction of sp³-hybridized carbons (Fsp3) is 0.295. The molecule has 2 amide bonds. The Labute approximate surface area is 362 Å². The number of benzene rings is 3. The van der Waals surface area contributed by atoms with Gasteiger partial charge in [-0.2, -0.15) is 10.2 Å². The minimum absolute atomic E-state index is 0.0236. The highest BCUT2D eigenvalue weighted by Crippen LogP contribution is 2.48. The summed E-state index contributed by atoms with van der Waals surface area (Å²) < 4.78 is 24.3. The predicted octanol–water partition coefficient (Wildman–Crippen LogP) is 8.72. The largest absolute Gasteiger partial charge is 0.497 e. The number of amides is 2. The Bertz CT molecular complexity index is 2480. The summed E-state index contributed by atoms with van der Waals surface area (Å²) in [5.74, 6) is 3.01. The molecule has 6 aromatic rings. The van der Waals surface area contributed by atoms with Gasteiger partial charge >= 0.3 is 6.09 Å². The number of hydrogen-bond acceptors (Lipinski definition) is 11. The van der Waals surface area contributed by atoms with Crippen LogP contribution in [0.4, 0.5) is 16.4 Å². The standard InChI is InChI=1S/C44H45Cl2N7O8/c1-6-53(44(55)56)61-15-14-52-25-29(21-48-52)32-20-33(32)43(54)50-40-17-28-16-37(41-35(45)8-7-9-36(41)46)49-42(34(28)22-47-40)51(23-26-10-12-30(57-2)18-38(26)59-4)24-27-11-13-31(58-3)19-39(27)60-5/h7-13,16-19,21-22,25,32-33H,6,14-15,20,23-24H2,1-5H3,(H,55,56)(H,47,50,54)/t32-,33+/m1/s1. The number of ether oxygens (including phenoxy) is 4. The minimum Gasteiger partial charge on any atom is -0.497 e. The lowest BCUT2D eigenvalue weighted by Crippen LogP contribution is -2.30. The van der Waals surface area contributed by atoms with Crippen LogP contribution in [-0.2, 0) is 29.3 Å². The van der Waals surface area contributed by atoms with Gasteiger partial charge in [-0.15, -0.1) is 0 Å². The summed E-state index contributed by atoms with van der Waals surface area (Å²) in [6, 6.07) is 20.3. The van der Waals surface area contributed by atoms with Crippen LogP contribution in [0.3, 0.4) is 0 Å². The summed E-state index contributed by atoms with van der Waals surface area (Å²) in [5, 5.41) is 19.7. The SMILES string of the molecule is CCN(OCCn1cc([C@H]2C[C@@H]2C(=O)Nc2cc3cc(-c4c(Cl)cccc4Cl)nc(N(Cc4ccc(OC)cc4OC)Cc4ccc(OC)cc4OC)c3cn2)cn1)C(=O)O. The number of anilines is 2. The van der Waals surface area contributed by atoms with Crippen molar-refractivity contribution in [1.82, 2.24) is 24.8 Å². The van der Waals surface area contributed by atoms with E-state index in [1.807, 2.05) is 54.7 Å². The van der Waals surface area contributed by atoms with Gasteiger partial charge in [0.25, 0.3) is 0 Å². The number of rotatable bonds is 18. The zero-order valence-electron chi connectivity index (χ0n) is 34.2. The number of nitrogens with zero attached hydrogens (tertiary/aromatic N) is 6. The van der Waals surface area contributed by atoms with E-state index in [4.69, 9.17) is 57.0 Å². The van der Waals surface area contributed by atoms with E-state index in [1.54, 1.807) is 70.6 Å². The van der Waals surface area contributed by atoms with Crippen molar-refractivity contribution in [3.05, 3.63) is 112 Å². The van der Waals surface area contributed by atoms with Crippen LogP contribution in [0.5, 0.6) is 23.0 Å². The molecular formula is C44H45Cl2N7O8. The normalized spacial score (nSPS) is 14.3. The maximum absolute atomic E-state index is 13.7. The molecule has 1 saturated carbocycles. The lowest BCUT2D eigenvalue weighted by atomic mass is 10.1. The fourth-order valence-electron chi connectivity index (χ4n) is 7.18. The molecule has 2 atom stereocenters. The molecule has 2 N–H and O–H groups in total. The van der Waals surface area contributed by atoms with Crippen LogP contribution in [0, 0.1) is 5.92 Å². The second-order valence-corrected chi connectivity index (χ2v) is 15.0. The van der Waals surface area contributed by atoms with Crippen LogP contribution in [0.2, 0.25) is 10.0 Å². The first-order valence-electron chi connectivity index (χ1n) is 19.4. The molecule has 0 bridgehead atoms. The molecule has 0 radical (unpaired) electrons. The quantitative estimate of drug-likeness (QED) is 0.0792. The Morgan fingerprint density at radius 2 is 1.54 bits per heavy atom. The third-order valence-corrected chi connectivity index (χ3v) is 11.1. The third-order valence-electron chi connectivity index (χ3n) is 10.5. The average molecular weight is 871 g/mol. The number of carbonyl (C=O) groups is 2. The van der Waals surface area contributed by atoms with Gasteiger partial charge < -0.3 is 34.3 Å².